The largest absolute Gasteiger partial charge is 0.493 e. The van der Waals surface area contributed by atoms with Crippen molar-refractivity contribution in [3.63, 3.8) is 0 Å². The first kappa shape index (κ1) is 21.3. The van der Waals surface area contributed by atoms with Crippen LogP contribution < -0.4 is 9.47 Å². The average molecular weight is 472 g/mol. The number of nitrogens with zero attached hydrogens (tertiary/aromatic N) is 1. The first-order valence-electron chi connectivity index (χ1n) is 10.4. The van der Waals surface area contributed by atoms with E-state index in [-0.39, 0.29) is 24.4 Å². The molecular weight excluding hydrogens is 441 g/mol. The van der Waals surface area contributed by atoms with Crippen molar-refractivity contribution in [1.29, 1.82) is 0 Å². The summed E-state index contributed by atoms with van der Waals surface area (Å²) in [7, 11) is 1.60. The number of methoxy groups -OCH3 is 1. The number of rotatable bonds is 5. The fraction of sp³-hybridized carbons (Fsp3) is 0.727. The van der Waals surface area contributed by atoms with Gasteiger partial charge in [-0.25, -0.2) is 4.39 Å². The molecule has 7 heteroatoms. The van der Waals surface area contributed by atoms with Crippen LogP contribution in [-0.2, 0) is 11.2 Å². The van der Waals surface area contributed by atoms with Crippen molar-refractivity contribution >= 4 is 15.9 Å². The van der Waals surface area contributed by atoms with Crippen molar-refractivity contribution in [2.45, 2.75) is 76.0 Å². The summed E-state index contributed by atoms with van der Waals surface area (Å²) in [4.78, 5) is 2.39. The molecule has 5 nitrogen and oxygen atoms in total. The summed E-state index contributed by atoms with van der Waals surface area (Å²) < 4.78 is 32.5. The van der Waals surface area contributed by atoms with Gasteiger partial charge in [0, 0.05) is 19.1 Å². The van der Waals surface area contributed by atoms with Crippen LogP contribution in [0.4, 0.5) is 4.39 Å². The smallest absolute Gasteiger partial charge is 0.175 e. The Kier molecular flexibility index (Phi) is 5.64. The molecule has 1 saturated heterocycles. The summed E-state index contributed by atoms with van der Waals surface area (Å²) in [6.45, 7) is 7.69. The third-order valence-corrected chi connectivity index (χ3v) is 6.91. The Labute approximate surface area is 180 Å². The summed E-state index contributed by atoms with van der Waals surface area (Å²) >= 11 is 3.70. The quantitative estimate of drug-likeness (QED) is 0.697. The first-order chi connectivity index (χ1) is 13.6. The lowest BCUT2D eigenvalue weighted by Gasteiger charge is -2.47. The van der Waals surface area contributed by atoms with E-state index in [1.165, 1.54) is 0 Å². The van der Waals surface area contributed by atoms with E-state index in [0.29, 0.717) is 37.3 Å². The minimum Gasteiger partial charge on any atom is -0.493 e. The van der Waals surface area contributed by atoms with Crippen molar-refractivity contribution in [2.75, 3.05) is 26.8 Å². The number of benzene rings is 1. The van der Waals surface area contributed by atoms with Gasteiger partial charge in [0.15, 0.2) is 11.5 Å². The van der Waals surface area contributed by atoms with Crippen LogP contribution >= 0.6 is 15.9 Å². The van der Waals surface area contributed by atoms with Crippen LogP contribution in [0.3, 0.4) is 0 Å². The van der Waals surface area contributed by atoms with Crippen molar-refractivity contribution in [3.05, 3.63) is 21.7 Å². The zero-order valence-corrected chi connectivity index (χ0v) is 19.2. The molecule has 2 heterocycles. The molecule has 2 fully saturated rings. The zero-order valence-electron chi connectivity index (χ0n) is 17.6. The number of hydrogen-bond acceptors (Lipinski definition) is 5. The number of piperidine rings is 1. The number of alkyl halides is 1. The van der Waals surface area contributed by atoms with Crippen LogP contribution in [0.5, 0.6) is 11.5 Å². The summed E-state index contributed by atoms with van der Waals surface area (Å²) in [5, 5.41) is 10.8. The molecule has 0 unspecified atom stereocenters. The van der Waals surface area contributed by atoms with Gasteiger partial charge in [0.05, 0.1) is 29.4 Å². The predicted octanol–water partition coefficient (Wildman–Crippen LogP) is 4.19. The molecule has 1 aliphatic carbocycles. The van der Waals surface area contributed by atoms with Gasteiger partial charge in [-0.1, -0.05) is 0 Å². The van der Waals surface area contributed by atoms with Gasteiger partial charge >= 0.3 is 0 Å². The van der Waals surface area contributed by atoms with E-state index in [0.717, 1.165) is 28.6 Å². The lowest BCUT2D eigenvalue weighted by Crippen LogP contribution is -2.53. The summed E-state index contributed by atoms with van der Waals surface area (Å²) in [5.74, 6) is 1.18. The van der Waals surface area contributed by atoms with Crippen molar-refractivity contribution in [2.24, 2.45) is 0 Å². The Hall–Kier alpha value is -0.890. The molecule has 2 aliphatic heterocycles. The van der Waals surface area contributed by atoms with E-state index in [1.54, 1.807) is 7.11 Å². The van der Waals surface area contributed by atoms with E-state index in [2.05, 4.69) is 20.8 Å². The topological polar surface area (TPSA) is 51.2 Å². The minimum absolute atomic E-state index is 0.0564. The highest BCUT2D eigenvalue weighted by Crippen LogP contribution is 2.48. The Morgan fingerprint density at radius 2 is 2.07 bits per heavy atom. The fourth-order valence-electron chi connectivity index (χ4n) is 4.39. The Morgan fingerprint density at radius 1 is 1.34 bits per heavy atom. The Balaban J connectivity index is 1.59. The maximum atomic E-state index is 14.1. The van der Waals surface area contributed by atoms with E-state index in [4.69, 9.17) is 14.2 Å². The molecule has 29 heavy (non-hydrogen) atoms. The third kappa shape index (κ3) is 4.43. The first-order valence-corrected chi connectivity index (χ1v) is 11.2. The molecular formula is C22H31BrFNO4. The molecule has 1 saturated carbocycles. The van der Waals surface area contributed by atoms with Gasteiger partial charge in [0.25, 0.3) is 0 Å². The van der Waals surface area contributed by atoms with Gasteiger partial charge in [-0.15, -0.1) is 0 Å². The van der Waals surface area contributed by atoms with Gasteiger partial charge < -0.3 is 19.3 Å². The number of aliphatic hydroxyl groups is 1. The molecule has 3 aliphatic rings. The molecule has 0 radical (unpaired) electrons. The number of hydrogen-bond donors (Lipinski definition) is 1. The van der Waals surface area contributed by atoms with Gasteiger partial charge in [-0.2, -0.15) is 0 Å². The minimum atomic E-state index is -1.19. The predicted molar refractivity (Wildman–Crippen MR) is 113 cm³/mol. The van der Waals surface area contributed by atoms with Crippen molar-refractivity contribution in [3.8, 4) is 11.5 Å². The van der Waals surface area contributed by atoms with Gasteiger partial charge in [-0.3, -0.25) is 4.90 Å². The number of aliphatic hydroxyl groups excluding tert-OH is 1. The second-order valence-corrected chi connectivity index (χ2v) is 10.4. The maximum absolute atomic E-state index is 14.1. The molecule has 1 aromatic carbocycles. The van der Waals surface area contributed by atoms with Crippen LogP contribution in [0.1, 0.15) is 57.2 Å². The monoisotopic (exact) mass is 471 g/mol. The van der Waals surface area contributed by atoms with E-state index in [1.807, 2.05) is 26.8 Å². The lowest BCUT2D eigenvalue weighted by molar-refractivity contribution is -0.149. The SMILES string of the molecule is COc1cc2c(c(Br)c1OCC1(F)CC1)CCN1C[C@@H](OC(C)(C)C)[C@H](O)C[C@H]21. The highest BCUT2D eigenvalue weighted by molar-refractivity contribution is 9.10. The van der Waals surface area contributed by atoms with Gasteiger partial charge in [-0.05, 0) is 79.6 Å². The zero-order chi connectivity index (χ0) is 21.0. The van der Waals surface area contributed by atoms with Crippen LogP contribution in [-0.4, -0.2) is 60.3 Å². The van der Waals surface area contributed by atoms with Crippen molar-refractivity contribution < 1.29 is 23.7 Å². The Bertz CT molecular complexity index is 777. The lowest BCUT2D eigenvalue weighted by atomic mass is 9.84. The van der Waals surface area contributed by atoms with E-state index >= 15 is 0 Å². The number of halogens is 2. The molecule has 0 aromatic heterocycles. The average Bonchev–Trinajstić information content (AvgIpc) is 3.37. The van der Waals surface area contributed by atoms with Crippen molar-refractivity contribution in [1.82, 2.24) is 4.90 Å². The highest BCUT2D eigenvalue weighted by Gasteiger charge is 2.45. The van der Waals surface area contributed by atoms with Crippen LogP contribution in [0.25, 0.3) is 0 Å². The molecule has 0 spiro atoms. The van der Waals surface area contributed by atoms with E-state index in [9.17, 15) is 9.50 Å². The van der Waals surface area contributed by atoms with Crippen LogP contribution in [0.15, 0.2) is 10.5 Å². The fourth-order valence-corrected chi connectivity index (χ4v) is 5.13. The molecule has 1 N–H and O–H groups in total. The Morgan fingerprint density at radius 3 is 2.69 bits per heavy atom. The number of ether oxygens (including phenoxy) is 3. The van der Waals surface area contributed by atoms with E-state index < -0.39 is 11.8 Å². The molecule has 162 valence electrons. The molecule has 1 aromatic rings. The van der Waals surface area contributed by atoms with Crippen LogP contribution in [0, 0.1) is 0 Å². The second-order valence-electron chi connectivity index (χ2n) is 9.56. The van der Waals surface area contributed by atoms with Gasteiger partial charge in [0.1, 0.15) is 12.3 Å². The highest BCUT2D eigenvalue weighted by atomic mass is 79.9. The molecule has 0 amide bonds. The molecule has 0 bridgehead atoms. The molecule has 3 atom stereocenters. The summed E-state index contributed by atoms with van der Waals surface area (Å²) in [6.07, 6.45) is 1.86. The summed E-state index contributed by atoms with van der Waals surface area (Å²) in [5.41, 5.74) is 0.822. The second kappa shape index (κ2) is 7.66. The standard InChI is InChI=1S/C22H31BrFNO4/c1-21(2,3)29-18-11-25-8-5-13-14(15(25)10-16(18)26)9-17(27-4)20(19(13)23)28-12-22(24)6-7-22/h9,15-16,18,26H,5-8,10-12H2,1-4H3/t15-,16-,18-/m1/s1. The molecule has 4 rings (SSSR count). The number of fused-ring (bicyclic) bond motifs is 3. The third-order valence-electron chi connectivity index (χ3n) is 6.07. The summed E-state index contributed by atoms with van der Waals surface area (Å²) in [6, 6.07) is 2.10. The maximum Gasteiger partial charge on any atom is 0.175 e. The normalized spacial score (nSPS) is 28.4. The van der Waals surface area contributed by atoms with Crippen LogP contribution in [0.2, 0.25) is 0 Å². The van der Waals surface area contributed by atoms with Gasteiger partial charge in [0.2, 0.25) is 0 Å².